The summed E-state index contributed by atoms with van der Waals surface area (Å²) in [5, 5.41) is 0.510. The van der Waals surface area contributed by atoms with Gasteiger partial charge >= 0.3 is 7.30 Å². The molecule has 0 radical (unpaired) electrons. The Morgan fingerprint density at radius 3 is 2.67 bits per heavy atom. The molecule has 12 heavy (non-hydrogen) atoms. The van der Waals surface area contributed by atoms with Crippen molar-refractivity contribution < 1.29 is 13.9 Å². The van der Waals surface area contributed by atoms with Crippen LogP contribution in [0, 0.1) is 0 Å². The largest absolute Gasteiger partial charge is 0.611 e. The Morgan fingerprint density at radius 1 is 1.25 bits per heavy atom. The summed E-state index contributed by atoms with van der Waals surface area (Å²) in [6.45, 7) is 0. The van der Waals surface area contributed by atoms with E-state index in [9.17, 15) is 4.89 Å². The van der Waals surface area contributed by atoms with Crippen molar-refractivity contribution in [1.29, 1.82) is 0 Å². The van der Waals surface area contributed by atoms with Crippen LogP contribution in [0.5, 0.6) is 11.5 Å². The molecule has 0 aliphatic carbocycles. The number of fused-ring (bicyclic) bond motifs is 1. The minimum Gasteiger partial charge on any atom is -0.260 e. The third-order valence-electron chi connectivity index (χ3n) is 1.33. The quantitative estimate of drug-likeness (QED) is 0.691. The van der Waals surface area contributed by atoms with E-state index in [1.54, 1.807) is 12.1 Å². The standard InChI is InChI=1S/C6H4Cl2O3P/c7-4-1-2-5-6(3-4)11-12(8,9)10-5/h1-3,9H/q+1. The van der Waals surface area contributed by atoms with Gasteiger partial charge in [-0.25, -0.2) is 0 Å². The van der Waals surface area contributed by atoms with Crippen LogP contribution in [0.25, 0.3) is 0 Å². The molecule has 0 saturated heterocycles. The minimum absolute atomic E-state index is 0.383. The fraction of sp³-hybridized carbons (Fsp3) is 0. The minimum atomic E-state index is -3.18. The monoisotopic (exact) mass is 225 g/mol. The van der Waals surface area contributed by atoms with Crippen LogP contribution in [0.3, 0.4) is 0 Å². The zero-order chi connectivity index (χ0) is 8.77. The van der Waals surface area contributed by atoms with Gasteiger partial charge in [-0.3, -0.25) is 9.05 Å². The zero-order valence-corrected chi connectivity index (χ0v) is 8.11. The molecule has 64 valence electrons. The first-order chi connectivity index (χ1) is 5.57. The molecule has 1 aliphatic heterocycles. The third-order valence-corrected chi connectivity index (χ3v) is 2.82. The maximum Gasteiger partial charge on any atom is 0.611 e. The Bertz CT molecular complexity index is 329. The lowest BCUT2D eigenvalue weighted by molar-refractivity contribution is 0.417. The van der Waals surface area contributed by atoms with Gasteiger partial charge in [-0.1, -0.05) is 11.6 Å². The van der Waals surface area contributed by atoms with Crippen molar-refractivity contribution in [3.63, 3.8) is 0 Å². The normalized spacial score (nSPS) is 25.9. The molecular formula is C6H4Cl2O3P+. The van der Waals surface area contributed by atoms with Crippen LogP contribution in [0.4, 0.5) is 0 Å². The topological polar surface area (TPSA) is 38.7 Å². The van der Waals surface area contributed by atoms with Crippen molar-refractivity contribution in [2.75, 3.05) is 0 Å². The van der Waals surface area contributed by atoms with Gasteiger partial charge in [0.25, 0.3) is 0 Å². The van der Waals surface area contributed by atoms with Crippen molar-refractivity contribution in [3.05, 3.63) is 23.2 Å². The molecule has 3 nitrogen and oxygen atoms in total. The van der Waals surface area contributed by atoms with Gasteiger partial charge in [0.2, 0.25) is 22.7 Å². The van der Waals surface area contributed by atoms with Gasteiger partial charge in [-0.05, 0) is 12.1 Å². The van der Waals surface area contributed by atoms with Crippen LogP contribution in [-0.2, 0) is 0 Å². The maximum absolute atomic E-state index is 9.20. The molecule has 1 heterocycles. The van der Waals surface area contributed by atoms with E-state index >= 15 is 0 Å². The number of benzene rings is 1. The smallest absolute Gasteiger partial charge is 0.260 e. The molecule has 1 N–H and O–H groups in total. The number of halogens is 2. The van der Waals surface area contributed by atoms with Gasteiger partial charge in [0.15, 0.2) is 0 Å². The highest BCUT2D eigenvalue weighted by Crippen LogP contribution is 2.68. The first-order valence-corrected chi connectivity index (χ1v) is 5.93. The van der Waals surface area contributed by atoms with Crippen LogP contribution in [-0.4, -0.2) is 4.89 Å². The first-order valence-electron chi connectivity index (χ1n) is 3.07. The molecule has 1 aromatic carbocycles. The molecule has 2 rings (SSSR count). The van der Waals surface area contributed by atoms with E-state index in [1.807, 2.05) is 0 Å². The average Bonchev–Trinajstić information content (AvgIpc) is 2.21. The predicted molar refractivity (Wildman–Crippen MR) is 47.7 cm³/mol. The molecule has 0 aromatic heterocycles. The average molecular weight is 226 g/mol. The van der Waals surface area contributed by atoms with E-state index < -0.39 is 7.30 Å². The third kappa shape index (κ3) is 1.46. The van der Waals surface area contributed by atoms with E-state index in [0.717, 1.165) is 0 Å². The van der Waals surface area contributed by atoms with E-state index in [4.69, 9.17) is 31.9 Å². The zero-order valence-electron chi connectivity index (χ0n) is 5.70. The summed E-state index contributed by atoms with van der Waals surface area (Å²) < 4.78 is 9.80. The van der Waals surface area contributed by atoms with Crippen LogP contribution in [0.1, 0.15) is 0 Å². The molecule has 1 unspecified atom stereocenters. The molecule has 0 bridgehead atoms. The van der Waals surface area contributed by atoms with E-state index in [-0.39, 0.29) is 0 Å². The molecule has 1 aromatic rings. The van der Waals surface area contributed by atoms with Crippen molar-refractivity contribution in [1.82, 2.24) is 0 Å². The van der Waals surface area contributed by atoms with Crippen LogP contribution in [0.15, 0.2) is 18.2 Å². The summed E-state index contributed by atoms with van der Waals surface area (Å²) >= 11 is 11.1. The summed E-state index contributed by atoms with van der Waals surface area (Å²) in [6, 6.07) is 4.77. The Hall–Kier alpha value is -0.210. The number of hydrogen-bond acceptors (Lipinski definition) is 3. The highest BCUT2D eigenvalue weighted by Gasteiger charge is 2.50. The highest BCUT2D eigenvalue weighted by molar-refractivity contribution is 7.87. The van der Waals surface area contributed by atoms with E-state index in [1.165, 1.54) is 6.07 Å². The molecule has 0 saturated carbocycles. The molecular weight excluding hydrogens is 222 g/mol. The lowest BCUT2D eigenvalue weighted by Crippen LogP contribution is -1.90. The SMILES string of the molecule is O[P+]1(Cl)Oc2ccc(Cl)cc2O1. The van der Waals surface area contributed by atoms with Gasteiger partial charge in [0.05, 0.1) is 0 Å². The summed E-state index contributed by atoms with van der Waals surface area (Å²) in [7, 11) is -3.18. The second kappa shape index (κ2) is 2.64. The van der Waals surface area contributed by atoms with Gasteiger partial charge in [-0.15, -0.1) is 0 Å². The Kier molecular flexibility index (Phi) is 1.85. The lowest BCUT2D eigenvalue weighted by Gasteiger charge is -1.95. The maximum atomic E-state index is 9.20. The van der Waals surface area contributed by atoms with Crippen LogP contribution in [0.2, 0.25) is 5.02 Å². The number of hydrogen-bond donors (Lipinski definition) is 1. The van der Waals surface area contributed by atoms with Gasteiger partial charge in [-0.2, -0.15) is 4.89 Å². The van der Waals surface area contributed by atoms with Crippen LogP contribution >= 0.6 is 30.1 Å². The highest BCUT2D eigenvalue weighted by atomic mass is 35.7. The van der Waals surface area contributed by atoms with Crippen molar-refractivity contribution in [2.45, 2.75) is 0 Å². The second-order valence-corrected chi connectivity index (χ2v) is 5.21. The molecule has 6 heteroatoms. The summed E-state index contributed by atoms with van der Waals surface area (Å²) in [6.07, 6.45) is 0. The second-order valence-electron chi connectivity index (χ2n) is 2.23. The van der Waals surface area contributed by atoms with Crippen molar-refractivity contribution in [3.8, 4) is 11.5 Å². The summed E-state index contributed by atoms with van der Waals surface area (Å²) in [5.41, 5.74) is 0. The molecule has 0 spiro atoms. The molecule has 0 amide bonds. The predicted octanol–water partition coefficient (Wildman–Crippen LogP) is 3.02. The Balaban J connectivity index is 2.43. The van der Waals surface area contributed by atoms with E-state index in [2.05, 4.69) is 0 Å². The fourth-order valence-electron chi connectivity index (χ4n) is 0.890. The van der Waals surface area contributed by atoms with Gasteiger partial charge < -0.3 is 0 Å². The lowest BCUT2D eigenvalue weighted by atomic mass is 10.3. The Morgan fingerprint density at radius 2 is 1.92 bits per heavy atom. The van der Waals surface area contributed by atoms with Crippen molar-refractivity contribution >= 4 is 30.1 Å². The summed E-state index contributed by atoms with van der Waals surface area (Å²) in [4.78, 5) is 9.20. The molecule has 1 aliphatic rings. The number of rotatable bonds is 0. The fourth-order valence-corrected chi connectivity index (χ4v) is 2.31. The van der Waals surface area contributed by atoms with Crippen LogP contribution < -0.4 is 9.05 Å². The molecule has 1 atom stereocenters. The van der Waals surface area contributed by atoms with Gasteiger partial charge in [0.1, 0.15) is 0 Å². The van der Waals surface area contributed by atoms with E-state index in [0.29, 0.717) is 16.5 Å². The van der Waals surface area contributed by atoms with Gasteiger partial charge in [0, 0.05) is 11.1 Å². The first kappa shape index (κ1) is 8.39. The Labute approximate surface area is 79.2 Å². The molecule has 0 fully saturated rings. The summed E-state index contributed by atoms with van der Waals surface area (Å²) in [5.74, 6) is 0.804. The van der Waals surface area contributed by atoms with Crippen molar-refractivity contribution in [2.24, 2.45) is 0 Å².